The van der Waals surface area contributed by atoms with Gasteiger partial charge >= 0.3 is 0 Å². The van der Waals surface area contributed by atoms with Crippen molar-refractivity contribution < 1.29 is 0 Å². The molecule has 0 aliphatic heterocycles. The van der Waals surface area contributed by atoms with Crippen molar-refractivity contribution in [1.82, 2.24) is 5.32 Å². The third-order valence-electron chi connectivity index (χ3n) is 3.23. The average Bonchev–Trinajstić information content (AvgIpc) is 2.76. The Balaban J connectivity index is 1.82. The standard InChI is InChI=1S/C13H17BrClN/c14-12-5-6-13(15)11(7-12)9-16-8-10-3-1-2-4-10/h5-7,10,16H,1-4,8-9H2. The molecule has 0 spiro atoms. The van der Waals surface area contributed by atoms with Gasteiger partial charge in [-0.1, -0.05) is 40.4 Å². The Morgan fingerprint density at radius 1 is 1.31 bits per heavy atom. The van der Waals surface area contributed by atoms with Crippen molar-refractivity contribution >= 4 is 27.5 Å². The van der Waals surface area contributed by atoms with Crippen LogP contribution in [0.3, 0.4) is 0 Å². The molecule has 1 fully saturated rings. The molecule has 0 bridgehead atoms. The van der Waals surface area contributed by atoms with E-state index in [0.717, 1.165) is 28.5 Å². The molecule has 88 valence electrons. The predicted octanol–water partition coefficient (Wildman–Crippen LogP) is 4.38. The van der Waals surface area contributed by atoms with Gasteiger partial charge in [-0.25, -0.2) is 0 Å². The summed E-state index contributed by atoms with van der Waals surface area (Å²) in [5.41, 5.74) is 1.18. The van der Waals surface area contributed by atoms with Gasteiger partial charge in [0.05, 0.1) is 0 Å². The quantitative estimate of drug-likeness (QED) is 0.870. The van der Waals surface area contributed by atoms with E-state index in [2.05, 4.69) is 27.3 Å². The first kappa shape index (κ1) is 12.4. The van der Waals surface area contributed by atoms with E-state index in [0.29, 0.717) is 0 Å². The summed E-state index contributed by atoms with van der Waals surface area (Å²) in [6.07, 6.45) is 5.59. The van der Waals surface area contributed by atoms with Crippen molar-refractivity contribution in [3.05, 3.63) is 33.3 Å². The Hall–Kier alpha value is -0.0500. The van der Waals surface area contributed by atoms with Crippen molar-refractivity contribution in [2.24, 2.45) is 5.92 Å². The fourth-order valence-corrected chi connectivity index (χ4v) is 2.90. The van der Waals surface area contributed by atoms with Crippen LogP contribution in [0.25, 0.3) is 0 Å². The van der Waals surface area contributed by atoms with E-state index in [1.54, 1.807) is 0 Å². The summed E-state index contributed by atoms with van der Waals surface area (Å²) in [7, 11) is 0. The van der Waals surface area contributed by atoms with Crippen molar-refractivity contribution in [1.29, 1.82) is 0 Å². The van der Waals surface area contributed by atoms with Gasteiger partial charge in [-0.2, -0.15) is 0 Å². The minimum atomic E-state index is 0.849. The summed E-state index contributed by atoms with van der Waals surface area (Å²) in [4.78, 5) is 0. The van der Waals surface area contributed by atoms with Crippen LogP contribution >= 0.6 is 27.5 Å². The molecule has 1 aliphatic carbocycles. The Morgan fingerprint density at radius 2 is 2.06 bits per heavy atom. The van der Waals surface area contributed by atoms with E-state index in [9.17, 15) is 0 Å². The number of hydrogen-bond donors (Lipinski definition) is 1. The van der Waals surface area contributed by atoms with Crippen molar-refractivity contribution in [3.8, 4) is 0 Å². The van der Waals surface area contributed by atoms with Crippen LogP contribution in [0.4, 0.5) is 0 Å². The number of halogens is 2. The summed E-state index contributed by atoms with van der Waals surface area (Å²) in [5, 5.41) is 4.36. The van der Waals surface area contributed by atoms with Gasteiger partial charge in [-0.3, -0.25) is 0 Å². The van der Waals surface area contributed by atoms with Crippen LogP contribution in [0.5, 0.6) is 0 Å². The minimum absolute atomic E-state index is 0.849. The third-order valence-corrected chi connectivity index (χ3v) is 4.09. The molecule has 0 amide bonds. The van der Waals surface area contributed by atoms with E-state index in [1.807, 2.05) is 12.1 Å². The minimum Gasteiger partial charge on any atom is -0.312 e. The first-order chi connectivity index (χ1) is 7.75. The molecule has 0 saturated heterocycles. The van der Waals surface area contributed by atoms with Crippen LogP contribution in [0.1, 0.15) is 31.2 Å². The topological polar surface area (TPSA) is 12.0 Å². The lowest BCUT2D eigenvalue weighted by atomic mass is 10.1. The Bertz CT molecular complexity index is 348. The van der Waals surface area contributed by atoms with Gasteiger partial charge in [0.1, 0.15) is 0 Å². The van der Waals surface area contributed by atoms with Crippen molar-refractivity contribution in [2.75, 3.05) is 6.54 Å². The second kappa shape index (κ2) is 6.04. The number of benzene rings is 1. The molecule has 1 saturated carbocycles. The van der Waals surface area contributed by atoms with E-state index in [4.69, 9.17) is 11.6 Å². The second-order valence-corrected chi connectivity index (χ2v) is 5.84. The van der Waals surface area contributed by atoms with Crippen LogP contribution in [-0.4, -0.2) is 6.54 Å². The first-order valence-electron chi connectivity index (χ1n) is 5.90. The number of rotatable bonds is 4. The van der Waals surface area contributed by atoms with Crippen LogP contribution in [0.2, 0.25) is 5.02 Å². The molecule has 3 heteroatoms. The molecule has 0 atom stereocenters. The molecule has 1 aromatic rings. The summed E-state index contributed by atoms with van der Waals surface area (Å²) in [5.74, 6) is 0.880. The molecule has 1 aliphatic rings. The maximum Gasteiger partial charge on any atom is 0.0451 e. The zero-order chi connectivity index (χ0) is 11.4. The highest BCUT2D eigenvalue weighted by molar-refractivity contribution is 9.10. The van der Waals surface area contributed by atoms with E-state index < -0.39 is 0 Å². The Morgan fingerprint density at radius 3 is 2.81 bits per heavy atom. The van der Waals surface area contributed by atoms with Gasteiger partial charge in [0, 0.05) is 16.0 Å². The van der Waals surface area contributed by atoms with Gasteiger partial charge in [-0.15, -0.1) is 0 Å². The maximum atomic E-state index is 6.13. The fourth-order valence-electron chi connectivity index (χ4n) is 2.30. The van der Waals surface area contributed by atoms with Gasteiger partial charge in [0.2, 0.25) is 0 Å². The van der Waals surface area contributed by atoms with E-state index in [1.165, 1.54) is 31.2 Å². The molecule has 1 nitrogen and oxygen atoms in total. The summed E-state index contributed by atoms with van der Waals surface area (Å²) in [6.45, 7) is 2.00. The maximum absolute atomic E-state index is 6.13. The molecule has 16 heavy (non-hydrogen) atoms. The first-order valence-corrected chi connectivity index (χ1v) is 7.07. The smallest absolute Gasteiger partial charge is 0.0451 e. The molecule has 2 rings (SSSR count). The van der Waals surface area contributed by atoms with Gasteiger partial charge < -0.3 is 5.32 Å². The van der Waals surface area contributed by atoms with E-state index >= 15 is 0 Å². The monoisotopic (exact) mass is 301 g/mol. The molecular formula is C13H17BrClN. The highest BCUT2D eigenvalue weighted by atomic mass is 79.9. The molecule has 0 aromatic heterocycles. The van der Waals surface area contributed by atoms with Gasteiger partial charge in [0.25, 0.3) is 0 Å². The summed E-state index contributed by atoms with van der Waals surface area (Å²) in [6, 6.07) is 6.00. The molecule has 0 radical (unpaired) electrons. The van der Waals surface area contributed by atoms with Gasteiger partial charge in [0.15, 0.2) is 0 Å². The normalized spacial score (nSPS) is 16.9. The highest BCUT2D eigenvalue weighted by Crippen LogP contribution is 2.24. The van der Waals surface area contributed by atoms with E-state index in [-0.39, 0.29) is 0 Å². The highest BCUT2D eigenvalue weighted by Gasteiger charge is 2.14. The predicted molar refractivity (Wildman–Crippen MR) is 72.8 cm³/mol. The van der Waals surface area contributed by atoms with Crippen molar-refractivity contribution in [3.63, 3.8) is 0 Å². The number of hydrogen-bond acceptors (Lipinski definition) is 1. The molecule has 0 heterocycles. The SMILES string of the molecule is Clc1ccc(Br)cc1CNCC1CCCC1. The second-order valence-electron chi connectivity index (χ2n) is 4.52. The molecular weight excluding hydrogens is 286 g/mol. The van der Waals surface area contributed by atoms with Crippen LogP contribution in [0.15, 0.2) is 22.7 Å². The van der Waals surface area contributed by atoms with Gasteiger partial charge in [-0.05, 0) is 49.1 Å². The lowest BCUT2D eigenvalue weighted by Gasteiger charge is -2.11. The van der Waals surface area contributed by atoms with Crippen LogP contribution < -0.4 is 5.32 Å². The largest absolute Gasteiger partial charge is 0.312 e. The molecule has 1 N–H and O–H groups in total. The summed E-state index contributed by atoms with van der Waals surface area (Å²) >= 11 is 9.60. The zero-order valence-corrected chi connectivity index (χ0v) is 11.6. The fraction of sp³-hybridized carbons (Fsp3) is 0.538. The van der Waals surface area contributed by atoms with Crippen molar-refractivity contribution in [2.45, 2.75) is 32.2 Å². The third kappa shape index (κ3) is 3.47. The number of nitrogens with one attached hydrogen (secondary N) is 1. The van der Waals surface area contributed by atoms with Crippen LogP contribution in [0, 0.1) is 5.92 Å². The summed E-state index contributed by atoms with van der Waals surface area (Å²) < 4.78 is 1.09. The Labute approximate surface area is 111 Å². The molecule has 1 aromatic carbocycles. The lowest BCUT2D eigenvalue weighted by molar-refractivity contribution is 0.489. The zero-order valence-electron chi connectivity index (χ0n) is 9.31. The molecule has 0 unspecified atom stereocenters. The average molecular weight is 303 g/mol. The Kier molecular flexibility index (Phi) is 4.68. The lowest BCUT2D eigenvalue weighted by Crippen LogP contribution is -2.20. The van der Waals surface area contributed by atoms with Crippen LogP contribution in [-0.2, 0) is 6.54 Å².